The van der Waals surface area contributed by atoms with Gasteiger partial charge in [0.15, 0.2) is 11.5 Å². The van der Waals surface area contributed by atoms with E-state index in [0.717, 1.165) is 10.6 Å². The number of benzene rings is 2. The molecule has 1 atom stereocenters. The minimum absolute atomic E-state index is 0.0397. The van der Waals surface area contributed by atoms with Crippen LogP contribution in [0.1, 0.15) is 28.2 Å². The third-order valence-corrected chi connectivity index (χ3v) is 5.67. The Hall–Kier alpha value is -3.33. The van der Waals surface area contributed by atoms with E-state index >= 15 is 0 Å². The van der Waals surface area contributed by atoms with Crippen molar-refractivity contribution < 1.29 is 33.6 Å². The molecule has 2 heterocycles. The number of anilines is 1. The molecular weight excluding hydrogens is 410 g/mol. The van der Waals surface area contributed by atoms with Gasteiger partial charge in [0.2, 0.25) is 6.79 Å². The molecule has 0 aliphatic carbocycles. The van der Waals surface area contributed by atoms with Crippen LogP contribution in [0.15, 0.2) is 47.4 Å². The van der Waals surface area contributed by atoms with Gasteiger partial charge < -0.3 is 29.4 Å². The smallest absolute Gasteiger partial charge is 0.338 e. The summed E-state index contributed by atoms with van der Waals surface area (Å²) in [6.07, 6.45) is 0. The lowest BCUT2D eigenvalue weighted by Crippen LogP contribution is -2.14. The Bertz CT molecular complexity index is 1040. The maximum absolute atomic E-state index is 12.3. The van der Waals surface area contributed by atoms with Crippen LogP contribution in [0, 0.1) is 0 Å². The van der Waals surface area contributed by atoms with Gasteiger partial charge in [-0.3, -0.25) is 0 Å². The van der Waals surface area contributed by atoms with Crippen molar-refractivity contribution in [1.82, 2.24) is 0 Å². The van der Waals surface area contributed by atoms with Gasteiger partial charge in [0, 0.05) is 27.8 Å². The number of phenolic OH excluding ortho intramolecular Hbond substituents is 1. The van der Waals surface area contributed by atoms with Crippen LogP contribution in [0.25, 0.3) is 0 Å². The number of nitrogens with one attached hydrogen (secondary N) is 1. The highest BCUT2D eigenvalue weighted by Gasteiger charge is 2.28. The second-order valence-corrected chi connectivity index (χ2v) is 7.82. The molecule has 2 aliphatic heterocycles. The first-order valence-corrected chi connectivity index (χ1v) is 10.00. The molecule has 0 amide bonds. The number of hydrogen-bond donors (Lipinski definition) is 2. The van der Waals surface area contributed by atoms with Crippen LogP contribution in [0.3, 0.4) is 0 Å². The van der Waals surface area contributed by atoms with E-state index < -0.39 is 11.9 Å². The highest BCUT2D eigenvalue weighted by atomic mass is 32.2. The third-order valence-electron chi connectivity index (χ3n) is 4.45. The lowest BCUT2D eigenvalue weighted by Gasteiger charge is -2.13. The molecule has 0 spiro atoms. The van der Waals surface area contributed by atoms with Crippen LogP contribution in [0.2, 0.25) is 0 Å². The standard InChI is InChI=1S/C21H19NO7S/c1-11(2)20(24)26-5-6-27-21(25)12-3-4-18-14(7-12)22-19(30-18)13-8-16-17(9-15(13)23)29-10-28-16/h3-4,7-9,19,22-23H,1,5-6,10H2,2H3. The van der Waals surface area contributed by atoms with Gasteiger partial charge in [-0.05, 0) is 31.2 Å². The Kier molecular flexibility index (Phi) is 5.45. The van der Waals surface area contributed by atoms with Crippen molar-refractivity contribution in [1.29, 1.82) is 0 Å². The number of fused-ring (bicyclic) bond motifs is 2. The van der Waals surface area contributed by atoms with Crippen molar-refractivity contribution in [2.45, 2.75) is 17.2 Å². The van der Waals surface area contributed by atoms with E-state index in [0.29, 0.717) is 22.6 Å². The molecule has 0 saturated carbocycles. The molecule has 0 bridgehead atoms. The summed E-state index contributed by atoms with van der Waals surface area (Å²) >= 11 is 1.51. The summed E-state index contributed by atoms with van der Waals surface area (Å²) in [5, 5.41) is 13.4. The second kappa shape index (κ2) is 8.19. The lowest BCUT2D eigenvalue weighted by atomic mass is 10.1. The summed E-state index contributed by atoms with van der Waals surface area (Å²) in [5.74, 6) is 0.141. The molecule has 2 aromatic carbocycles. The van der Waals surface area contributed by atoms with Gasteiger partial charge in [-0.2, -0.15) is 0 Å². The number of rotatable bonds is 6. The molecule has 9 heteroatoms. The minimum atomic E-state index is -0.525. The van der Waals surface area contributed by atoms with Crippen molar-refractivity contribution in [3.8, 4) is 17.2 Å². The van der Waals surface area contributed by atoms with Crippen LogP contribution in [-0.2, 0) is 14.3 Å². The van der Waals surface area contributed by atoms with E-state index in [4.69, 9.17) is 18.9 Å². The largest absolute Gasteiger partial charge is 0.507 e. The Morgan fingerprint density at radius 1 is 1.20 bits per heavy atom. The fraction of sp³-hybridized carbons (Fsp3) is 0.238. The van der Waals surface area contributed by atoms with Gasteiger partial charge >= 0.3 is 11.9 Å². The van der Waals surface area contributed by atoms with Gasteiger partial charge in [-0.1, -0.05) is 18.3 Å². The zero-order chi connectivity index (χ0) is 21.3. The molecule has 156 valence electrons. The van der Waals surface area contributed by atoms with E-state index in [1.54, 1.807) is 25.1 Å². The number of carbonyl (C=O) groups excluding carboxylic acids is 2. The average molecular weight is 429 g/mol. The first-order chi connectivity index (χ1) is 14.4. The summed E-state index contributed by atoms with van der Waals surface area (Å²) in [6, 6.07) is 8.45. The second-order valence-electron chi connectivity index (χ2n) is 6.67. The maximum atomic E-state index is 12.3. The van der Waals surface area contributed by atoms with Crippen LogP contribution < -0.4 is 14.8 Å². The first kappa shape index (κ1) is 20.0. The van der Waals surface area contributed by atoms with Crippen molar-refractivity contribution in [2.24, 2.45) is 0 Å². The highest BCUT2D eigenvalue weighted by Crippen LogP contribution is 2.51. The van der Waals surface area contributed by atoms with E-state index in [9.17, 15) is 14.7 Å². The van der Waals surface area contributed by atoms with Gasteiger partial charge in [0.25, 0.3) is 0 Å². The van der Waals surface area contributed by atoms with Crippen molar-refractivity contribution >= 4 is 29.4 Å². The molecule has 0 aromatic heterocycles. The molecular formula is C21H19NO7S. The van der Waals surface area contributed by atoms with E-state index in [-0.39, 0.29) is 36.7 Å². The molecule has 2 N–H and O–H groups in total. The van der Waals surface area contributed by atoms with Crippen molar-refractivity contribution in [3.05, 3.63) is 53.6 Å². The Morgan fingerprint density at radius 2 is 1.93 bits per heavy atom. The first-order valence-electron chi connectivity index (χ1n) is 9.12. The number of thioether (sulfide) groups is 1. The zero-order valence-electron chi connectivity index (χ0n) is 16.1. The fourth-order valence-corrected chi connectivity index (χ4v) is 4.09. The van der Waals surface area contributed by atoms with Crippen molar-refractivity contribution in [3.63, 3.8) is 0 Å². The lowest BCUT2D eigenvalue weighted by molar-refractivity contribution is -0.140. The van der Waals surface area contributed by atoms with E-state index in [2.05, 4.69) is 11.9 Å². The van der Waals surface area contributed by atoms with Crippen LogP contribution in [0.4, 0.5) is 5.69 Å². The monoisotopic (exact) mass is 429 g/mol. The number of aromatic hydroxyl groups is 1. The number of ether oxygens (including phenoxy) is 4. The number of phenols is 1. The van der Waals surface area contributed by atoms with Crippen LogP contribution in [0.5, 0.6) is 17.2 Å². The quantitative estimate of drug-likeness (QED) is 0.405. The van der Waals surface area contributed by atoms with Gasteiger partial charge in [-0.25, -0.2) is 9.59 Å². The fourth-order valence-electron chi connectivity index (χ4n) is 2.94. The normalized spacial score (nSPS) is 15.8. The molecule has 0 radical (unpaired) electrons. The van der Waals surface area contributed by atoms with E-state index in [1.165, 1.54) is 17.8 Å². The maximum Gasteiger partial charge on any atom is 0.338 e. The topological polar surface area (TPSA) is 103 Å². The Labute approximate surface area is 176 Å². The summed E-state index contributed by atoms with van der Waals surface area (Å²) in [4.78, 5) is 24.5. The van der Waals surface area contributed by atoms with Crippen molar-refractivity contribution in [2.75, 3.05) is 25.3 Å². The van der Waals surface area contributed by atoms with E-state index in [1.807, 2.05) is 6.07 Å². The predicted octanol–water partition coefficient (Wildman–Crippen LogP) is 3.61. The molecule has 30 heavy (non-hydrogen) atoms. The molecule has 4 rings (SSSR count). The minimum Gasteiger partial charge on any atom is -0.507 e. The number of hydrogen-bond acceptors (Lipinski definition) is 9. The third kappa shape index (κ3) is 4.02. The molecule has 2 aromatic rings. The number of esters is 2. The van der Waals surface area contributed by atoms with Crippen LogP contribution >= 0.6 is 11.8 Å². The molecule has 8 nitrogen and oxygen atoms in total. The predicted molar refractivity (Wildman–Crippen MR) is 109 cm³/mol. The number of carbonyl (C=O) groups is 2. The Balaban J connectivity index is 1.39. The summed E-state index contributed by atoms with van der Waals surface area (Å²) in [7, 11) is 0. The van der Waals surface area contributed by atoms with Gasteiger partial charge in [0.05, 0.1) is 5.56 Å². The summed E-state index contributed by atoms with van der Waals surface area (Å²) in [6.45, 7) is 5.06. The van der Waals surface area contributed by atoms with Gasteiger partial charge in [0.1, 0.15) is 24.3 Å². The average Bonchev–Trinajstić information content (AvgIpc) is 3.35. The summed E-state index contributed by atoms with van der Waals surface area (Å²) in [5.41, 5.74) is 2.06. The molecule has 2 aliphatic rings. The zero-order valence-corrected chi connectivity index (χ0v) is 16.9. The Morgan fingerprint density at radius 3 is 2.70 bits per heavy atom. The summed E-state index contributed by atoms with van der Waals surface area (Å²) < 4.78 is 20.7. The molecule has 1 unspecified atom stereocenters. The van der Waals surface area contributed by atoms with Gasteiger partial charge in [-0.15, -0.1) is 0 Å². The highest BCUT2D eigenvalue weighted by molar-refractivity contribution is 8.00. The molecule has 0 saturated heterocycles. The molecule has 0 fully saturated rings. The van der Waals surface area contributed by atoms with Crippen LogP contribution in [-0.4, -0.2) is 37.1 Å². The SMILES string of the molecule is C=C(C)C(=O)OCCOC(=O)c1ccc2c(c1)NC(c1cc3c(cc1O)OCO3)S2.